The zero-order valence-electron chi connectivity index (χ0n) is 26.0. The van der Waals surface area contributed by atoms with E-state index >= 15 is 0 Å². The molecule has 4 aromatic carbocycles. The Labute approximate surface area is 271 Å². The van der Waals surface area contributed by atoms with E-state index in [9.17, 15) is 44.4 Å². The van der Waals surface area contributed by atoms with Crippen molar-refractivity contribution in [2.24, 2.45) is 5.73 Å². The molecule has 6 N–H and O–H groups in total. The monoisotopic (exact) mass is 640 g/mol. The molecule has 0 saturated carbocycles. The van der Waals surface area contributed by atoms with Crippen molar-refractivity contribution in [3.05, 3.63) is 143 Å². The zero-order chi connectivity index (χ0) is 34.9. The van der Waals surface area contributed by atoms with E-state index in [-0.39, 0.29) is 28.2 Å². The van der Waals surface area contributed by atoms with Crippen LogP contribution in [-0.4, -0.2) is 73.0 Å². The van der Waals surface area contributed by atoms with Gasteiger partial charge < -0.3 is 31.1 Å². The number of aryl methyl sites for hydroxylation is 2. The summed E-state index contributed by atoms with van der Waals surface area (Å²) in [5.41, 5.74) is -0.233. The summed E-state index contributed by atoms with van der Waals surface area (Å²) in [5.74, 6) is -8.05. The summed E-state index contributed by atoms with van der Waals surface area (Å²) < 4.78 is 0. The van der Waals surface area contributed by atoms with Crippen LogP contribution in [0.4, 0.5) is 0 Å². The molecule has 0 spiro atoms. The predicted octanol–water partition coefficient (Wildman–Crippen LogP) is 3.35. The number of nitrogens with zero attached hydrogens (tertiary/aromatic N) is 1. The Morgan fingerprint density at radius 3 is 1.38 bits per heavy atom. The lowest BCUT2D eigenvalue weighted by Crippen LogP contribution is -2.71. The van der Waals surface area contributed by atoms with E-state index in [1.807, 2.05) is 60.7 Å². The molecule has 0 fully saturated rings. The first-order chi connectivity index (χ1) is 22.2. The third kappa shape index (κ3) is 7.50. The molecule has 0 aromatic heterocycles. The molecule has 0 saturated heterocycles. The second kappa shape index (κ2) is 15.2. The van der Waals surface area contributed by atoms with Gasteiger partial charge in [-0.1, -0.05) is 109 Å². The summed E-state index contributed by atoms with van der Waals surface area (Å²) in [6.45, 7) is 3.43. The first-order valence-corrected chi connectivity index (χ1v) is 14.4. The van der Waals surface area contributed by atoms with Crippen LogP contribution in [-0.2, 0) is 20.9 Å². The molecular formula is C36H36N2O9. The fourth-order valence-corrected chi connectivity index (χ4v) is 4.85. The summed E-state index contributed by atoms with van der Waals surface area (Å²) in [6.07, 6.45) is 0. The van der Waals surface area contributed by atoms with E-state index in [1.54, 1.807) is 11.9 Å². The smallest absolute Gasteiger partial charge is 0.348 e. The van der Waals surface area contributed by atoms with E-state index in [0.29, 0.717) is 6.54 Å². The number of aliphatic carboxylic acids is 2. The predicted molar refractivity (Wildman–Crippen MR) is 172 cm³/mol. The molecule has 244 valence electrons. The fourth-order valence-electron chi connectivity index (χ4n) is 4.85. The van der Waals surface area contributed by atoms with Crippen LogP contribution in [0, 0.1) is 13.8 Å². The van der Waals surface area contributed by atoms with E-state index in [4.69, 9.17) is 5.73 Å². The van der Waals surface area contributed by atoms with Crippen LogP contribution < -0.4 is 5.73 Å². The lowest BCUT2D eigenvalue weighted by molar-refractivity contribution is -0.187. The number of ketones is 2. The Bertz CT molecular complexity index is 1680. The van der Waals surface area contributed by atoms with Crippen LogP contribution in [0.2, 0.25) is 0 Å². The molecule has 3 unspecified atom stereocenters. The third-order valence-electron chi connectivity index (χ3n) is 7.64. The first-order valence-electron chi connectivity index (χ1n) is 14.4. The highest BCUT2D eigenvalue weighted by Gasteiger charge is 2.70. The standard InChI is InChI=1S/C20H18O8.C16H18N2O/c1-11-7-3-5-9-13(11)15(21)19(27,17(23)24)20(28,18(25)26)16(22)14-10-6-4-8-12(14)2;1-18(12-13-8-4-2-5-9-13)16(19)15(17)14-10-6-3-7-11-14/h3-10,27-28H,1-2H3,(H,23,24)(H,25,26);2-11,15H,12,17H2,1H3. The van der Waals surface area contributed by atoms with Gasteiger partial charge in [0, 0.05) is 24.7 Å². The van der Waals surface area contributed by atoms with Gasteiger partial charge in [0.1, 0.15) is 6.04 Å². The zero-order valence-corrected chi connectivity index (χ0v) is 26.0. The fraction of sp³-hybridized carbons (Fsp3) is 0.194. The van der Waals surface area contributed by atoms with E-state index in [1.165, 1.54) is 50.2 Å². The number of hydrogen-bond donors (Lipinski definition) is 5. The normalized spacial score (nSPS) is 13.8. The van der Waals surface area contributed by atoms with Crippen molar-refractivity contribution >= 4 is 29.4 Å². The average Bonchev–Trinajstić information content (AvgIpc) is 3.07. The molecule has 11 nitrogen and oxygen atoms in total. The minimum atomic E-state index is -3.97. The molecule has 4 rings (SSSR count). The number of amides is 1. The number of carboxylic acids is 2. The molecule has 0 aliphatic carbocycles. The lowest BCUT2D eigenvalue weighted by atomic mass is 9.72. The molecule has 47 heavy (non-hydrogen) atoms. The van der Waals surface area contributed by atoms with Crippen LogP contribution in [0.3, 0.4) is 0 Å². The second-order valence-electron chi connectivity index (χ2n) is 10.9. The Morgan fingerprint density at radius 2 is 1.00 bits per heavy atom. The van der Waals surface area contributed by atoms with E-state index < -0.39 is 40.7 Å². The quantitative estimate of drug-likeness (QED) is 0.120. The van der Waals surface area contributed by atoms with Gasteiger partial charge in [0.05, 0.1) is 0 Å². The number of nitrogens with two attached hydrogens (primary N) is 1. The van der Waals surface area contributed by atoms with Gasteiger partial charge in [-0.15, -0.1) is 0 Å². The van der Waals surface area contributed by atoms with Crippen LogP contribution in [0.25, 0.3) is 0 Å². The maximum atomic E-state index is 12.9. The Balaban J connectivity index is 0.000000274. The van der Waals surface area contributed by atoms with Crippen LogP contribution in [0.1, 0.15) is 49.0 Å². The van der Waals surface area contributed by atoms with E-state index in [2.05, 4.69) is 0 Å². The van der Waals surface area contributed by atoms with Crippen molar-refractivity contribution < 1.29 is 44.4 Å². The van der Waals surface area contributed by atoms with Gasteiger partial charge in [0.25, 0.3) is 11.2 Å². The molecule has 11 heteroatoms. The molecule has 3 atom stereocenters. The molecule has 4 aromatic rings. The minimum Gasteiger partial charge on any atom is -0.479 e. The summed E-state index contributed by atoms with van der Waals surface area (Å²) in [7, 11) is 1.78. The maximum Gasteiger partial charge on any atom is 0.348 e. The summed E-state index contributed by atoms with van der Waals surface area (Å²) >= 11 is 0. The third-order valence-corrected chi connectivity index (χ3v) is 7.64. The summed E-state index contributed by atoms with van der Waals surface area (Å²) in [6, 6.07) is 29.7. The molecule has 0 bridgehead atoms. The van der Waals surface area contributed by atoms with Gasteiger partial charge in [-0.3, -0.25) is 14.4 Å². The number of likely N-dealkylation sites (N-methyl/N-ethyl adjacent to an activating group) is 1. The van der Waals surface area contributed by atoms with E-state index in [0.717, 1.165) is 23.3 Å². The Kier molecular flexibility index (Phi) is 11.6. The number of aliphatic hydroxyl groups is 2. The number of hydrogen-bond acceptors (Lipinski definition) is 8. The van der Waals surface area contributed by atoms with Gasteiger partial charge in [0.2, 0.25) is 17.5 Å². The SMILES string of the molecule is CN(Cc1ccccc1)C(=O)C(N)c1ccccc1.Cc1ccccc1C(=O)C(O)(C(=O)O)C(O)(C(=O)O)C(=O)c1ccccc1C. The van der Waals surface area contributed by atoms with Crippen molar-refractivity contribution in [3.63, 3.8) is 0 Å². The van der Waals surface area contributed by atoms with Gasteiger partial charge in [-0.2, -0.15) is 0 Å². The highest BCUT2D eigenvalue weighted by atomic mass is 16.5. The number of carbonyl (C=O) groups is 5. The molecule has 0 heterocycles. The molecule has 1 amide bonds. The Morgan fingerprint density at radius 1 is 0.638 bits per heavy atom. The second-order valence-corrected chi connectivity index (χ2v) is 10.9. The summed E-state index contributed by atoms with van der Waals surface area (Å²) in [4.78, 5) is 63.4. The lowest BCUT2D eigenvalue weighted by Gasteiger charge is -2.35. The number of rotatable bonds is 11. The number of carbonyl (C=O) groups excluding carboxylic acids is 3. The van der Waals surface area contributed by atoms with Crippen molar-refractivity contribution in [1.29, 1.82) is 0 Å². The Hall–Kier alpha value is -5.49. The first kappa shape index (κ1) is 36.0. The van der Waals surface area contributed by atoms with Crippen molar-refractivity contribution in [2.45, 2.75) is 37.6 Å². The van der Waals surface area contributed by atoms with Crippen molar-refractivity contribution in [1.82, 2.24) is 4.90 Å². The van der Waals surface area contributed by atoms with Gasteiger partial charge in [-0.25, -0.2) is 9.59 Å². The molecule has 0 aliphatic heterocycles. The van der Waals surface area contributed by atoms with Gasteiger partial charge >= 0.3 is 11.9 Å². The molecule has 0 aliphatic rings. The number of Topliss-reactive ketones (excluding diaryl/α,β-unsaturated/α-hetero) is 2. The average molecular weight is 641 g/mol. The van der Waals surface area contributed by atoms with Gasteiger partial charge in [0.15, 0.2) is 0 Å². The largest absolute Gasteiger partial charge is 0.479 e. The molecule has 0 radical (unpaired) electrons. The highest BCUT2D eigenvalue weighted by Crippen LogP contribution is 2.33. The summed E-state index contributed by atoms with van der Waals surface area (Å²) in [5, 5.41) is 40.6. The van der Waals surface area contributed by atoms with Crippen LogP contribution in [0.15, 0.2) is 109 Å². The molecular weight excluding hydrogens is 604 g/mol. The number of carboxylic acid groups (broad SMARTS) is 2. The van der Waals surface area contributed by atoms with Crippen LogP contribution in [0.5, 0.6) is 0 Å². The highest BCUT2D eigenvalue weighted by molar-refractivity contribution is 6.28. The maximum absolute atomic E-state index is 12.9. The number of benzene rings is 4. The van der Waals surface area contributed by atoms with Crippen LogP contribution >= 0.6 is 0 Å². The van der Waals surface area contributed by atoms with Gasteiger partial charge in [-0.05, 0) is 36.1 Å². The van der Waals surface area contributed by atoms with Crippen molar-refractivity contribution in [2.75, 3.05) is 7.05 Å². The van der Waals surface area contributed by atoms with Crippen molar-refractivity contribution in [3.8, 4) is 0 Å². The minimum absolute atomic E-state index is 0.0740. The topological polar surface area (TPSA) is 196 Å².